The molecule has 0 radical (unpaired) electrons. The van der Waals surface area contributed by atoms with Crippen LogP contribution >= 0.6 is 11.6 Å². The molecule has 2 aromatic heterocycles. The van der Waals surface area contributed by atoms with Crippen LogP contribution < -0.4 is 15.4 Å². The number of pyridine rings is 1. The highest BCUT2D eigenvalue weighted by molar-refractivity contribution is 6.31. The monoisotopic (exact) mass is 541 g/mol. The molecule has 0 aliphatic carbocycles. The fraction of sp³-hybridized carbons (Fsp3) is 0.179. The van der Waals surface area contributed by atoms with Crippen molar-refractivity contribution in [3.05, 3.63) is 82.5 Å². The zero-order valence-corrected chi connectivity index (χ0v) is 21.7. The third kappa shape index (κ3) is 4.99. The van der Waals surface area contributed by atoms with E-state index in [-0.39, 0.29) is 18.4 Å². The largest absolute Gasteiger partial charge is 0.495 e. The molecule has 0 spiro atoms. The summed E-state index contributed by atoms with van der Waals surface area (Å²) < 4.78 is 5.34. The molecule has 0 atom stereocenters. The first kappa shape index (κ1) is 24.8. The van der Waals surface area contributed by atoms with Crippen molar-refractivity contribution >= 4 is 56.7 Å². The fourth-order valence-corrected chi connectivity index (χ4v) is 5.09. The molecule has 1 aliphatic heterocycles. The highest BCUT2D eigenvalue weighted by atomic mass is 35.5. The lowest BCUT2D eigenvalue weighted by Gasteiger charge is -2.29. The second kappa shape index (κ2) is 10.3. The average molecular weight is 542 g/mol. The smallest absolute Gasteiger partial charge is 0.256 e. The van der Waals surface area contributed by atoms with Gasteiger partial charge in [-0.15, -0.1) is 0 Å². The van der Waals surface area contributed by atoms with Crippen molar-refractivity contribution in [1.82, 2.24) is 25.3 Å². The number of H-pyrrole nitrogens is 1. The van der Waals surface area contributed by atoms with E-state index in [2.05, 4.69) is 26.0 Å². The number of para-hydroxylation sites is 1. The van der Waals surface area contributed by atoms with Gasteiger partial charge in [0, 0.05) is 46.9 Å². The van der Waals surface area contributed by atoms with Crippen LogP contribution in [0.1, 0.15) is 21.6 Å². The third-order valence-electron chi connectivity index (χ3n) is 6.73. The summed E-state index contributed by atoms with van der Waals surface area (Å²) in [7, 11) is 1.54. The molecule has 0 unspecified atom stereocenters. The molecule has 0 saturated carbocycles. The molecule has 39 heavy (non-hydrogen) atoms. The quantitative estimate of drug-likeness (QED) is 0.290. The summed E-state index contributed by atoms with van der Waals surface area (Å²) in [5.41, 5.74) is 5.46. The van der Waals surface area contributed by atoms with E-state index in [1.165, 1.54) is 7.11 Å². The Labute approximate surface area is 228 Å². The Hall–Kier alpha value is -4.54. The minimum Gasteiger partial charge on any atom is -0.495 e. The lowest BCUT2D eigenvalue weighted by atomic mass is 9.95. The number of methoxy groups -OCH3 is 1. The van der Waals surface area contributed by atoms with Crippen molar-refractivity contribution in [1.29, 1.82) is 0 Å². The van der Waals surface area contributed by atoms with Crippen LogP contribution in [0, 0.1) is 0 Å². The highest BCUT2D eigenvalue weighted by Gasteiger charge is 2.27. The number of hydrogen-bond acceptors (Lipinski definition) is 7. The maximum atomic E-state index is 13.7. The Morgan fingerprint density at radius 1 is 1.03 bits per heavy atom. The predicted octanol–water partition coefficient (Wildman–Crippen LogP) is 4.42. The first-order chi connectivity index (χ1) is 19.0. The van der Waals surface area contributed by atoms with E-state index in [0.717, 1.165) is 22.2 Å². The zero-order valence-electron chi connectivity index (χ0n) is 21.0. The molecule has 11 heteroatoms. The van der Waals surface area contributed by atoms with Gasteiger partial charge in [-0.2, -0.15) is 15.4 Å². The van der Waals surface area contributed by atoms with Gasteiger partial charge in [0.05, 0.1) is 30.4 Å². The number of ether oxygens (including phenoxy) is 1. The number of aromatic nitrogens is 4. The van der Waals surface area contributed by atoms with Gasteiger partial charge in [-0.3, -0.25) is 19.5 Å². The van der Waals surface area contributed by atoms with Crippen LogP contribution in [0.3, 0.4) is 0 Å². The lowest BCUT2D eigenvalue weighted by molar-refractivity contribution is -0.117. The summed E-state index contributed by atoms with van der Waals surface area (Å²) >= 11 is 6.11. The molecule has 3 N–H and O–H groups in total. The zero-order chi connectivity index (χ0) is 26.9. The summed E-state index contributed by atoms with van der Waals surface area (Å²) in [5.74, 6) is 0.0671. The molecule has 0 saturated heterocycles. The second-order valence-electron chi connectivity index (χ2n) is 9.26. The van der Waals surface area contributed by atoms with Crippen LogP contribution in [-0.4, -0.2) is 57.3 Å². The maximum absolute atomic E-state index is 13.7. The number of carbonyl (C=O) groups excluding carboxylic acids is 2. The molecular weight excluding hydrogens is 518 g/mol. The average Bonchev–Trinajstić information content (AvgIpc) is 3.40. The van der Waals surface area contributed by atoms with Gasteiger partial charge in [0.2, 0.25) is 5.91 Å². The van der Waals surface area contributed by atoms with Crippen molar-refractivity contribution < 1.29 is 14.3 Å². The number of rotatable bonds is 6. The molecule has 10 nitrogen and oxygen atoms in total. The van der Waals surface area contributed by atoms with Crippen molar-refractivity contribution in [2.75, 3.05) is 30.8 Å². The molecule has 6 rings (SSSR count). The number of aromatic amines is 1. The Morgan fingerprint density at radius 2 is 1.87 bits per heavy atom. The highest BCUT2D eigenvalue weighted by Crippen LogP contribution is 2.30. The standard InChI is InChI=1S/C28H24ClN7O3/c1-39-25-9-6-16(29)12-24(25)32-26(37)15-36-11-10-21-19(14-36)27(18-4-2-3-5-20(18)31-21)28(38)30-17-7-8-22-23(13-17)34-35-33-22/h2-9,12-13H,10-11,14-15H2,1H3,(H,30,38)(H,32,37)(H,33,34,35). The Bertz CT molecular complexity index is 1740. The SMILES string of the molecule is COc1ccc(Cl)cc1NC(=O)CN1CCc2nc3ccccc3c(C(=O)Nc3ccc4n[nH]nc4c3)c2C1. The second-order valence-corrected chi connectivity index (χ2v) is 9.70. The van der Waals surface area contributed by atoms with Gasteiger partial charge in [0.25, 0.3) is 5.91 Å². The van der Waals surface area contributed by atoms with Crippen LogP contribution in [0.5, 0.6) is 5.75 Å². The van der Waals surface area contributed by atoms with Gasteiger partial charge in [0.1, 0.15) is 16.8 Å². The van der Waals surface area contributed by atoms with Gasteiger partial charge >= 0.3 is 0 Å². The molecule has 196 valence electrons. The van der Waals surface area contributed by atoms with Crippen molar-refractivity contribution in [3.8, 4) is 5.75 Å². The van der Waals surface area contributed by atoms with Crippen LogP contribution in [-0.2, 0) is 17.8 Å². The first-order valence-corrected chi connectivity index (χ1v) is 12.7. The number of anilines is 2. The molecule has 1 aliphatic rings. The minimum atomic E-state index is -0.248. The number of hydrogen-bond donors (Lipinski definition) is 3. The Kier molecular flexibility index (Phi) is 6.55. The number of fused-ring (bicyclic) bond motifs is 3. The number of nitrogens with one attached hydrogen (secondary N) is 3. The maximum Gasteiger partial charge on any atom is 0.256 e. The molecule has 3 aromatic carbocycles. The molecule has 0 bridgehead atoms. The summed E-state index contributed by atoms with van der Waals surface area (Å²) in [5, 5.41) is 17.9. The van der Waals surface area contributed by atoms with Crippen LogP contribution in [0.2, 0.25) is 5.02 Å². The molecule has 2 amide bonds. The Balaban J connectivity index is 1.28. The number of halogens is 1. The van der Waals surface area contributed by atoms with Crippen molar-refractivity contribution in [2.45, 2.75) is 13.0 Å². The van der Waals surface area contributed by atoms with E-state index in [4.69, 9.17) is 21.3 Å². The van der Waals surface area contributed by atoms with E-state index in [0.29, 0.717) is 58.3 Å². The molecule has 0 fully saturated rings. The van der Waals surface area contributed by atoms with Crippen molar-refractivity contribution in [2.24, 2.45) is 0 Å². The first-order valence-electron chi connectivity index (χ1n) is 12.4. The third-order valence-corrected chi connectivity index (χ3v) is 6.96. The van der Waals surface area contributed by atoms with E-state index < -0.39 is 0 Å². The van der Waals surface area contributed by atoms with Crippen LogP contribution in [0.25, 0.3) is 21.9 Å². The topological polar surface area (TPSA) is 125 Å². The van der Waals surface area contributed by atoms with Gasteiger partial charge < -0.3 is 15.4 Å². The van der Waals surface area contributed by atoms with E-state index in [1.54, 1.807) is 36.4 Å². The van der Waals surface area contributed by atoms with Gasteiger partial charge in [-0.05, 0) is 42.5 Å². The van der Waals surface area contributed by atoms with Gasteiger partial charge in [-0.25, -0.2) is 0 Å². The minimum absolute atomic E-state index is 0.131. The van der Waals surface area contributed by atoms with Crippen LogP contribution in [0.15, 0.2) is 60.7 Å². The van der Waals surface area contributed by atoms with Gasteiger partial charge in [0.15, 0.2) is 0 Å². The van der Waals surface area contributed by atoms with E-state index in [1.807, 2.05) is 29.2 Å². The number of carbonyl (C=O) groups is 2. The summed E-state index contributed by atoms with van der Waals surface area (Å²) in [4.78, 5) is 33.6. The normalized spacial score (nSPS) is 13.3. The Morgan fingerprint density at radius 3 is 2.74 bits per heavy atom. The predicted molar refractivity (Wildman–Crippen MR) is 149 cm³/mol. The van der Waals surface area contributed by atoms with Gasteiger partial charge in [-0.1, -0.05) is 29.8 Å². The summed E-state index contributed by atoms with van der Waals surface area (Å²) in [6.45, 7) is 1.16. The molecule has 5 aromatic rings. The summed E-state index contributed by atoms with van der Waals surface area (Å²) in [6, 6.07) is 18.0. The van der Waals surface area contributed by atoms with E-state index in [9.17, 15) is 9.59 Å². The van der Waals surface area contributed by atoms with Crippen LogP contribution in [0.4, 0.5) is 11.4 Å². The van der Waals surface area contributed by atoms with Crippen molar-refractivity contribution in [3.63, 3.8) is 0 Å². The summed E-state index contributed by atoms with van der Waals surface area (Å²) in [6.07, 6.45) is 0.610. The number of amides is 2. The molecular formula is C28H24ClN7O3. The molecule has 3 heterocycles. The lowest BCUT2D eigenvalue weighted by Crippen LogP contribution is -2.38. The van der Waals surface area contributed by atoms with E-state index >= 15 is 0 Å². The fourth-order valence-electron chi connectivity index (χ4n) is 4.92. The number of nitrogens with zero attached hydrogens (tertiary/aromatic N) is 4. The number of benzene rings is 3.